The fourth-order valence-corrected chi connectivity index (χ4v) is 1.40. The summed E-state index contributed by atoms with van der Waals surface area (Å²) >= 11 is 0. The minimum Gasteiger partial charge on any atom is -0.490 e. The minimum absolute atomic E-state index is 0.0126. The minimum atomic E-state index is -0.257. The van der Waals surface area contributed by atoms with Crippen LogP contribution in [0.4, 0.5) is 0 Å². The van der Waals surface area contributed by atoms with Crippen LogP contribution in [0.5, 0.6) is 5.75 Å². The van der Waals surface area contributed by atoms with Crippen LogP contribution in [-0.4, -0.2) is 23.8 Å². The number of aliphatic hydroxyl groups is 1. The van der Waals surface area contributed by atoms with E-state index in [0.717, 1.165) is 5.56 Å². The number of benzene rings is 1. The zero-order chi connectivity index (χ0) is 12.7. The predicted octanol–water partition coefficient (Wildman–Crippen LogP) is 1.90. The molecule has 94 valence electrons. The quantitative estimate of drug-likeness (QED) is 0.769. The van der Waals surface area contributed by atoms with Crippen LogP contribution in [0.1, 0.15) is 25.8 Å². The van der Waals surface area contributed by atoms with Crippen molar-refractivity contribution in [3.05, 3.63) is 29.8 Å². The van der Waals surface area contributed by atoms with Gasteiger partial charge in [-0.1, -0.05) is 12.1 Å². The molecular weight excluding hydrogens is 220 g/mol. The first kappa shape index (κ1) is 13.5. The Bertz CT molecular complexity index is 345. The van der Waals surface area contributed by atoms with Gasteiger partial charge >= 0.3 is 5.97 Å². The number of esters is 1. The Morgan fingerprint density at radius 3 is 2.53 bits per heavy atom. The van der Waals surface area contributed by atoms with Crippen LogP contribution in [0.15, 0.2) is 24.3 Å². The Morgan fingerprint density at radius 2 is 2.00 bits per heavy atom. The van der Waals surface area contributed by atoms with Gasteiger partial charge in [0.1, 0.15) is 11.9 Å². The summed E-state index contributed by atoms with van der Waals surface area (Å²) in [5.41, 5.74) is 0.829. The summed E-state index contributed by atoms with van der Waals surface area (Å²) < 4.78 is 10.4. The lowest BCUT2D eigenvalue weighted by molar-refractivity contribution is -0.144. The molecule has 0 aliphatic carbocycles. The second-order valence-electron chi connectivity index (χ2n) is 3.74. The van der Waals surface area contributed by atoms with Crippen molar-refractivity contribution in [1.29, 1.82) is 0 Å². The standard InChI is InChI=1S/C13H18O4/c1-3-16-13(15)8-10(2)17-12-6-4-11(9-14)5-7-12/h4-7,10,14H,3,8-9H2,1-2H3. The van der Waals surface area contributed by atoms with Crippen molar-refractivity contribution in [3.63, 3.8) is 0 Å². The molecule has 0 aliphatic heterocycles. The van der Waals surface area contributed by atoms with Crippen LogP contribution in [0, 0.1) is 0 Å². The van der Waals surface area contributed by atoms with Gasteiger partial charge in [-0.15, -0.1) is 0 Å². The maximum atomic E-state index is 11.2. The summed E-state index contributed by atoms with van der Waals surface area (Å²) in [5.74, 6) is 0.422. The molecule has 0 aromatic heterocycles. The summed E-state index contributed by atoms with van der Waals surface area (Å²) in [4.78, 5) is 11.2. The number of ether oxygens (including phenoxy) is 2. The molecule has 0 spiro atoms. The molecule has 1 atom stereocenters. The summed E-state index contributed by atoms with van der Waals surface area (Å²) in [5, 5.41) is 8.89. The largest absolute Gasteiger partial charge is 0.490 e. The van der Waals surface area contributed by atoms with Crippen molar-refractivity contribution in [1.82, 2.24) is 0 Å². The molecule has 1 unspecified atom stereocenters. The van der Waals surface area contributed by atoms with Crippen LogP contribution >= 0.6 is 0 Å². The molecule has 4 heteroatoms. The van der Waals surface area contributed by atoms with Gasteiger partial charge in [-0.25, -0.2) is 0 Å². The number of carbonyl (C=O) groups excluding carboxylic acids is 1. The Labute approximate surface area is 101 Å². The van der Waals surface area contributed by atoms with Gasteiger partial charge in [0.2, 0.25) is 0 Å². The monoisotopic (exact) mass is 238 g/mol. The van der Waals surface area contributed by atoms with Crippen LogP contribution in [-0.2, 0) is 16.1 Å². The van der Waals surface area contributed by atoms with Crippen LogP contribution in [0.25, 0.3) is 0 Å². The molecule has 1 aromatic carbocycles. The number of hydrogen-bond donors (Lipinski definition) is 1. The topological polar surface area (TPSA) is 55.8 Å². The van der Waals surface area contributed by atoms with E-state index in [4.69, 9.17) is 14.6 Å². The highest BCUT2D eigenvalue weighted by molar-refractivity contribution is 5.69. The molecular formula is C13H18O4. The molecule has 0 bridgehead atoms. The van der Waals surface area contributed by atoms with Gasteiger partial charge < -0.3 is 14.6 Å². The first-order valence-electron chi connectivity index (χ1n) is 5.67. The van der Waals surface area contributed by atoms with Crippen molar-refractivity contribution < 1.29 is 19.4 Å². The van der Waals surface area contributed by atoms with Gasteiger partial charge in [-0.2, -0.15) is 0 Å². The highest BCUT2D eigenvalue weighted by Gasteiger charge is 2.11. The van der Waals surface area contributed by atoms with Gasteiger partial charge in [-0.05, 0) is 31.5 Å². The van der Waals surface area contributed by atoms with E-state index < -0.39 is 0 Å². The van der Waals surface area contributed by atoms with Crippen LogP contribution in [0.3, 0.4) is 0 Å². The fraction of sp³-hybridized carbons (Fsp3) is 0.462. The number of rotatable bonds is 6. The van der Waals surface area contributed by atoms with Gasteiger partial charge in [0.05, 0.1) is 19.6 Å². The van der Waals surface area contributed by atoms with Gasteiger partial charge in [-0.3, -0.25) is 4.79 Å². The molecule has 0 aliphatic rings. The molecule has 0 heterocycles. The number of carbonyl (C=O) groups is 1. The first-order chi connectivity index (χ1) is 8.15. The van der Waals surface area contributed by atoms with Crippen LogP contribution in [0.2, 0.25) is 0 Å². The summed E-state index contributed by atoms with van der Waals surface area (Å²) in [6.07, 6.45) is 0.00398. The smallest absolute Gasteiger partial charge is 0.309 e. The molecule has 0 radical (unpaired) electrons. The maximum Gasteiger partial charge on any atom is 0.309 e. The lowest BCUT2D eigenvalue weighted by atomic mass is 10.2. The average molecular weight is 238 g/mol. The molecule has 0 saturated carbocycles. The van der Waals surface area contributed by atoms with Gasteiger partial charge in [0.15, 0.2) is 0 Å². The van der Waals surface area contributed by atoms with Gasteiger partial charge in [0.25, 0.3) is 0 Å². The number of aliphatic hydroxyl groups excluding tert-OH is 1. The molecule has 4 nitrogen and oxygen atoms in total. The Kier molecular flexibility index (Phi) is 5.49. The molecule has 1 N–H and O–H groups in total. The maximum absolute atomic E-state index is 11.2. The zero-order valence-electron chi connectivity index (χ0n) is 10.2. The van der Waals surface area contributed by atoms with Crippen molar-refractivity contribution in [3.8, 4) is 5.75 Å². The second-order valence-corrected chi connectivity index (χ2v) is 3.74. The van der Waals surface area contributed by atoms with E-state index in [9.17, 15) is 4.79 Å². The van der Waals surface area contributed by atoms with E-state index in [1.54, 1.807) is 31.2 Å². The van der Waals surface area contributed by atoms with Crippen molar-refractivity contribution in [2.45, 2.75) is 33.0 Å². The molecule has 0 fully saturated rings. The molecule has 1 aromatic rings. The predicted molar refractivity (Wildman–Crippen MR) is 63.7 cm³/mol. The second kappa shape index (κ2) is 6.91. The molecule has 0 amide bonds. The third-order valence-corrected chi connectivity index (χ3v) is 2.20. The Morgan fingerprint density at radius 1 is 1.35 bits per heavy atom. The Hall–Kier alpha value is -1.55. The molecule has 17 heavy (non-hydrogen) atoms. The third-order valence-electron chi connectivity index (χ3n) is 2.20. The van der Waals surface area contributed by atoms with Gasteiger partial charge in [0, 0.05) is 0 Å². The first-order valence-corrected chi connectivity index (χ1v) is 5.67. The lowest BCUT2D eigenvalue weighted by Crippen LogP contribution is -2.18. The highest BCUT2D eigenvalue weighted by atomic mass is 16.5. The third kappa shape index (κ3) is 4.87. The summed E-state index contributed by atoms with van der Waals surface area (Å²) in [6, 6.07) is 7.11. The highest BCUT2D eigenvalue weighted by Crippen LogP contribution is 2.15. The van der Waals surface area contributed by atoms with E-state index in [-0.39, 0.29) is 25.1 Å². The SMILES string of the molecule is CCOC(=O)CC(C)Oc1ccc(CO)cc1. The normalized spacial score (nSPS) is 11.9. The fourth-order valence-electron chi connectivity index (χ4n) is 1.40. The van der Waals surface area contributed by atoms with Crippen molar-refractivity contribution in [2.24, 2.45) is 0 Å². The van der Waals surface area contributed by atoms with E-state index in [0.29, 0.717) is 12.4 Å². The number of hydrogen-bond acceptors (Lipinski definition) is 4. The van der Waals surface area contributed by atoms with E-state index in [1.165, 1.54) is 0 Å². The average Bonchev–Trinajstić information content (AvgIpc) is 2.30. The van der Waals surface area contributed by atoms with E-state index in [1.807, 2.05) is 6.92 Å². The lowest BCUT2D eigenvalue weighted by Gasteiger charge is -2.14. The van der Waals surface area contributed by atoms with Crippen LogP contribution < -0.4 is 4.74 Å². The van der Waals surface area contributed by atoms with Crippen molar-refractivity contribution in [2.75, 3.05) is 6.61 Å². The summed E-state index contributed by atoms with van der Waals surface area (Å²) in [7, 11) is 0. The molecule has 0 saturated heterocycles. The van der Waals surface area contributed by atoms with E-state index in [2.05, 4.69) is 0 Å². The zero-order valence-corrected chi connectivity index (χ0v) is 10.2. The van der Waals surface area contributed by atoms with E-state index >= 15 is 0 Å². The molecule has 1 rings (SSSR count). The summed E-state index contributed by atoms with van der Waals surface area (Å²) in [6.45, 7) is 3.99. The Balaban J connectivity index is 2.44. The van der Waals surface area contributed by atoms with Crippen molar-refractivity contribution >= 4 is 5.97 Å².